The Hall–Kier alpha value is -2.03. The van der Waals surface area contributed by atoms with E-state index in [4.69, 9.17) is 4.74 Å². The summed E-state index contributed by atoms with van der Waals surface area (Å²) in [6.07, 6.45) is 11.1. The minimum Gasteiger partial charge on any atom is -0.410 e. The van der Waals surface area contributed by atoms with Gasteiger partial charge in [-0.3, -0.25) is 4.90 Å². The molecule has 122 valence electrons. The van der Waals surface area contributed by atoms with Gasteiger partial charge in [-0.2, -0.15) is 0 Å². The molecule has 23 heavy (non-hydrogen) atoms. The lowest BCUT2D eigenvalue weighted by molar-refractivity contribution is 0.101. The van der Waals surface area contributed by atoms with E-state index in [0.717, 1.165) is 12.0 Å². The molecule has 0 spiro atoms. The molecule has 3 nitrogen and oxygen atoms in total. The quantitative estimate of drug-likeness (QED) is 0.790. The lowest BCUT2D eigenvalue weighted by Gasteiger charge is -2.40. The number of carbonyl (C=O) groups is 1. The highest BCUT2D eigenvalue weighted by molar-refractivity contribution is 5.72. The van der Waals surface area contributed by atoms with Crippen LogP contribution in [0, 0.1) is 5.92 Å². The SMILES string of the molecule is C=CC1=CCC(C2CCCCC2)N(C(=O)Oc2ccccc2)C1. The molecule has 1 amide bonds. The van der Waals surface area contributed by atoms with Crippen LogP contribution in [0.5, 0.6) is 5.75 Å². The normalized spacial score (nSPS) is 22.3. The molecular formula is C20H25NO2. The van der Waals surface area contributed by atoms with Gasteiger partial charge in [0.05, 0.1) is 0 Å². The summed E-state index contributed by atoms with van der Waals surface area (Å²) < 4.78 is 5.59. The van der Waals surface area contributed by atoms with E-state index in [2.05, 4.69) is 12.7 Å². The Bertz CT molecular complexity index is 573. The Labute approximate surface area is 138 Å². The van der Waals surface area contributed by atoms with Crippen LogP contribution in [0.3, 0.4) is 0 Å². The first kappa shape index (κ1) is 15.9. The van der Waals surface area contributed by atoms with Crippen LogP contribution in [-0.4, -0.2) is 23.6 Å². The highest BCUT2D eigenvalue weighted by Crippen LogP contribution is 2.33. The maximum atomic E-state index is 12.7. The van der Waals surface area contributed by atoms with Crippen LogP contribution in [0.1, 0.15) is 38.5 Å². The first-order chi connectivity index (χ1) is 11.3. The van der Waals surface area contributed by atoms with Crippen molar-refractivity contribution in [3.8, 4) is 5.75 Å². The van der Waals surface area contributed by atoms with Crippen LogP contribution >= 0.6 is 0 Å². The molecule has 1 aliphatic carbocycles. The Morgan fingerprint density at radius 1 is 1.17 bits per heavy atom. The zero-order chi connectivity index (χ0) is 16.1. The molecule has 0 bridgehead atoms. The van der Waals surface area contributed by atoms with E-state index in [1.54, 1.807) is 0 Å². The number of carbonyl (C=O) groups excluding carboxylic acids is 1. The number of nitrogens with zero attached hydrogens (tertiary/aromatic N) is 1. The number of ether oxygens (including phenoxy) is 1. The van der Waals surface area contributed by atoms with Gasteiger partial charge in [-0.15, -0.1) is 0 Å². The van der Waals surface area contributed by atoms with Crippen LogP contribution in [-0.2, 0) is 0 Å². The molecule has 1 heterocycles. The first-order valence-corrected chi connectivity index (χ1v) is 8.63. The fraction of sp³-hybridized carbons (Fsp3) is 0.450. The van der Waals surface area contributed by atoms with Gasteiger partial charge in [0.15, 0.2) is 0 Å². The molecule has 1 saturated carbocycles. The van der Waals surface area contributed by atoms with Crippen LogP contribution in [0.15, 0.2) is 54.6 Å². The van der Waals surface area contributed by atoms with Crippen LogP contribution in [0.4, 0.5) is 4.79 Å². The maximum Gasteiger partial charge on any atom is 0.415 e. The van der Waals surface area contributed by atoms with Crippen molar-refractivity contribution in [2.75, 3.05) is 6.54 Å². The number of hydrogen-bond acceptors (Lipinski definition) is 2. The molecule has 1 aliphatic heterocycles. The van der Waals surface area contributed by atoms with Crippen molar-refractivity contribution in [3.05, 3.63) is 54.6 Å². The van der Waals surface area contributed by atoms with E-state index >= 15 is 0 Å². The summed E-state index contributed by atoms with van der Waals surface area (Å²) in [4.78, 5) is 14.6. The number of hydrogen-bond donors (Lipinski definition) is 0. The standard InChI is InChI=1S/C20H25NO2/c1-2-16-13-14-19(17-9-5-3-6-10-17)21(15-16)20(22)23-18-11-7-4-8-12-18/h2,4,7-8,11-13,17,19H,1,3,5-6,9-10,14-15H2. The van der Waals surface area contributed by atoms with Crippen molar-refractivity contribution < 1.29 is 9.53 Å². The van der Waals surface area contributed by atoms with E-state index in [1.165, 1.54) is 32.1 Å². The lowest BCUT2D eigenvalue weighted by atomic mass is 9.80. The summed E-state index contributed by atoms with van der Waals surface area (Å²) in [7, 11) is 0. The van der Waals surface area contributed by atoms with Crippen molar-refractivity contribution in [1.29, 1.82) is 0 Å². The largest absolute Gasteiger partial charge is 0.415 e. The van der Waals surface area contributed by atoms with Crippen LogP contribution in [0.25, 0.3) is 0 Å². The van der Waals surface area contributed by atoms with Gasteiger partial charge in [-0.05, 0) is 42.9 Å². The minimum absolute atomic E-state index is 0.237. The highest BCUT2D eigenvalue weighted by atomic mass is 16.6. The van der Waals surface area contributed by atoms with Crippen molar-refractivity contribution in [1.82, 2.24) is 4.90 Å². The van der Waals surface area contributed by atoms with Crippen molar-refractivity contribution in [2.24, 2.45) is 5.92 Å². The van der Waals surface area contributed by atoms with Gasteiger partial charge in [-0.25, -0.2) is 4.79 Å². The molecule has 0 saturated heterocycles. The third kappa shape index (κ3) is 3.84. The molecule has 0 N–H and O–H groups in total. The van der Waals surface area contributed by atoms with Crippen molar-refractivity contribution >= 4 is 6.09 Å². The molecule has 0 aromatic heterocycles. The molecule has 1 fully saturated rings. The van der Waals surface area contributed by atoms with Gasteiger partial charge in [0.2, 0.25) is 0 Å². The van der Waals surface area contributed by atoms with E-state index in [9.17, 15) is 4.79 Å². The molecule has 2 aliphatic rings. The second-order valence-corrected chi connectivity index (χ2v) is 6.49. The fourth-order valence-electron chi connectivity index (χ4n) is 3.74. The molecule has 1 unspecified atom stereocenters. The average Bonchev–Trinajstić information content (AvgIpc) is 2.62. The summed E-state index contributed by atoms with van der Waals surface area (Å²) in [6, 6.07) is 9.58. The number of rotatable bonds is 3. The summed E-state index contributed by atoms with van der Waals surface area (Å²) >= 11 is 0. The van der Waals surface area contributed by atoms with Crippen molar-refractivity contribution in [2.45, 2.75) is 44.6 Å². The second kappa shape index (κ2) is 7.49. The van der Waals surface area contributed by atoms with E-state index < -0.39 is 0 Å². The first-order valence-electron chi connectivity index (χ1n) is 8.63. The van der Waals surface area contributed by atoms with E-state index in [0.29, 0.717) is 18.2 Å². The van der Waals surface area contributed by atoms with Gasteiger partial charge in [0.1, 0.15) is 5.75 Å². The summed E-state index contributed by atoms with van der Waals surface area (Å²) in [5.41, 5.74) is 1.11. The molecule has 1 aromatic rings. The predicted molar refractivity (Wildman–Crippen MR) is 92.4 cm³/mol. The molecule has 1 aromatic carbocycles. The van der Waals surface area contributed by atoms with E-state index in [-0.39, 0.29) is 12.1 Å². The Morgan fingerprint density at radius 3 is 2.61 bits per heavy atom. The monoisotopic (exact) mass is 311 g/mol. The maximum absolute atomic E-state index is 12.7. The Morgan fingerprint density at radius 2 is 1.91 bits per heavy atom. The zero-order valence-corrected chi connectivity index (χ0v) is 13.6. The van der Waals surface area contributed by atoms with Gasteiger partial charge >= 0.3 is 6.09 Å². The van der Waals surface area contributed by atoms with Crippen molar-refractivity contribution in [3.63, 3.8) is 0 Å². The average molecular weight is 311 g/mol. The molecule has 3 rings (SSSR count). The second-order valence-electron chi connectivity index (χ2n) is 6.49. The molecule has 1 atom stereocenters. The van der Waals surface area contributed by atoms with Gasteiger partial charge in [0, 0.05) is 12.6 Å². The summed E-state index contributed by atoms with van der Waals surface area (Å²) in [5, 5.41) is 0. The Balaban J connectivity index is 1.75. The summed E-state index contributed by atoms with van der Waals surface area (Å²) in [6.45, 7) is 4.46. The minimum atomic E-state index is -0.237. The van der Waals surface area contributed by atoms with Gasteiger partial charge in [0.25, 0.3) is 0 Å². The van der Waals surface area contributed by atoms with E-state index in [1.807, 2.05) is 41.3 Å². The topological polar surface area (TPSA) is 29.5 Å². The Kier molecular flexibility index (Phi) is 5.16. The zero-order valence-electron chi connectivity index (χ0n) is 13.6. The third-order valence-electron chi connectivity index (χ3n) is 5.01. The van der Waals surface area contributed by atoms with Gasteiger partial charge < -0.3 is 4.74 Å². The third-order valence-corrected chi connectivity index (χ3v) is 5.01. The number of benzene rings is 1. The number of amides is 1. The van der Waals surface area contributed by atoms with Crippen LogP contribution in [0.2, 0.25) is 0 Å². The smallest absolute Gasteiger partial charge is 0.410 e. The number of para-hydroxylation sites is 1. The lowest BCUT2D eigenvalue weighted by Crippen LogP contribution is -2.48. The predicted octanol–water partition coefficient (Wildman–Crippen LogP) is 4.95. The van der Waals surface area contributed by atoms with Gasteiger partial charge in [-0.1, -0.05) is 56.2 Å². The van der Waals surface area contributed by atoms with Crippen LogP contribution < -0.4 is 4.74 Å². The molecule has 3 heteroatoms. The summed E-state index contributed by atoms with van der Waals surface area (Å²) in [5.74, 6) is 1.20. The highest BCUT2D eigenvalue weighted by Gasteiger charge is 2.34. The molecular weight excluding hydrogens is 286 g/mol. The fourth-order valence-corrected chi connectivity index (χ4v) is 3.74. The molecule has 0 radical (unpaired) electrons.